The van der Waals surface area contributed by atoms with Crippen LogP contribution in [0.2, 0.25) is 0 Å². The Labute approximate surface area is 195 Å². The molecule has 0 aliphatic carbocycles. The Morgan fingerprint density at radius 1 is 1.00 bits per heavy atom. The third-order valence-corrected chi connectivity index (χ3v) is 6.42. The number of hydrogen-bond donors (Lipinski definition) is 2. The molecule has 2 aromatic carbocycles. The number of carbonyl (C=O) groups excluding carboxylic acids is 2. The number of nitrogens with zero attached hydrogens (tertiary/aromatic N) is 2. The molecule has 4 aromatic rings. The standard InChI is InChI=1S/C25H24N4O3S/c1-15-9-16(2)23(17(3)10-15)28-21(30)12-26-22(31)13-29-14-27-19-11-20(33-24(19)25(29)32)18-7-5-4-6-8-18/h4-11,14H,12-13H2,1-3H3,(H,26,31)(H,28,30). The minimum atomic E-state index is -0.439. The first kappa shape index (κ1) is 22.4. The van der Waals surface area contributed by atoms with Gasteiger partial charge < -0.3 is 10.6 Å². The van der Waals surface area contributed by atoms with E-state index in [4.69, 9.17) is 0 Å². The van der Waals surface area contributed by atoms with E-state index in [1.54, 1.807) is 0 Å². The van der Waals surface area contributed by atoms with Gasteiger partial charge in [0.25, 0.3) is 5.56 Å². The highest BCUT2D eigenvalue weighted by Gasteiger charge is 2.14. The molecule has 0 saturated heterocycles. The molecule has 0 aliphatic heterocycles. The number of thiophene rings is 1. The van der Waals surface area contributed by atoms with Crippen LogP contribution in [-0.2, 0) is 16.1 Å². The SMILES string of the molecule is Cc1cc(C)c(NC(=O)CNC(=O)Cn2cnc3cc(-c4ccccc4)sc3c2=O)c(C)c1. The van der Waals surface area contributed by atoms with Crippen molar-refractivity contribution in [2.75, 3.05) is 11.9 Å². The van der Waals surface area contributed by atoms with Crippen molar-refractivity contribution in [2.45, 2.75) is 27.3 Å². The first-order valence-corrected chi connectivity index (χ1v) is 11.3. The summed E-state index contributed by atoms with van der Waals surface area (Å²) in [5, 5.41) is 5.42. The Morgan fingerprint density at radius 2 is 1.70 bits per heavy atom. The smallest absolute Gasteiger partial charge is 0.271 e. The number of amides is 2. The van der Waals surface area contributed by atoms with Crippen LogP contribution in [0.1, 0.15) is 16.7 Å². The summed E-state index contributed by atoms with van der Waals surface area (Å²) < 4.78 is 1.75. The Morgan fingerprint density at radius 3 is 2.39 bits per heavy atom. The lowest BCUT2D eigenvalue weighted by Gasteiger charge is -2.13. The molecular formula is C25H24N4O3S. The highest BCUT2D eigenvalue weighted by Crippen LogP contribution is 2.30. The van der Waals surface area contributed by atoms with Crippen LogP contribution in [0, 0.1) is 20.8 Å². The molecule has 0 spiro atoms. The molecule has 2 heterocycles. The molecule has 0 fully saturated rings. The van der Waals surface area contributed by atoms with E-state index < -0.39 is 5.91 Å². The van der Waals surface area contributed by atoms with Crippen LogP contribution >= 0.6 is 11.3 Å². The normalized spacial score (nSPS) is 10.9. The van der Waals surface area contributed by atoms with Crippen molar-refractivity contribution in [3.05, 3.63) is 81.9 Å². The fraction of sp³-hybridized carbons (Fsp3) is 0.200. The monoisotopic (exact) mass is 460 g/mol. The Bertz CT molecular complexity index is 1380. The average molecular weight is 461 g/mol. The molecule has 2 aromatic heterocycles. The van der Waals surface area contributed by atoms with Crippen LogP contribution < -0.4 is 16.2 Å². The van der Waals surface area contributed by atoms with Crippen LogP contribution in [-0.4, -0.2) is 27.9 Å². The molecule has 0 unspecified atom stereocenters. The zero-order valence-corrected chi connectivity index (χ0v) is 19.5. The van der Waals surface area contributed by atoms with Gasteiger partial charge >= 0.3 is 0 Å². The maximum Gasteiger partial charge on any atom is 0.271 e. The molecule has 0 bridgehead atoms. The largest absolute Gasteiger partial charge is 0.345 e. The van der Waals surface area contributed by atoms with Crippen molar-refractivity contribution in [3.63, 3.8) is 0 Å². The summed E-state index contributed by atoms with van der Waals surface area (Å²) in [5.41, 5.74) is 5.12. The minimum absolute atomic E-state index is 0.187. The maximum absolute atomic E-state index is 12.9. The predicted octanol–water partition coefficient (Wildman–Crippen LogP) is 3.81. The van der Waals surface area contributed by atoms with Gasteiger partial charge in [0.15, 0.2) is 0 Å². The highest BCUT2D eigenvalue weighted by molar-refractivity contribution is 7.22. The van der Waals surface area contributed by atoms with Gasteiger partial charge in [0, 0.05) is 10.6 Å². The van der Waals surface area contributed by atoms with Crippen molar-refractivity contribution in [1.82, 2.24) is 14.9 Å². The number of rotatable bonds is 6. The molecule has 7 nitrogen and oxygen atoms in total. The third-order valence-electron chi connectivity index (χ3n) is 5.26. The quantitative estimate of drug-likeness (QED) is 0.458. The van der Waals surface area contributed by atoms with Crippen molar-refractivity contribution in [1.29, 1.82) is 0 Å². The summed E-state index contributed by atoms with van der Waals surface area (Å²) in [6, 6.07) is 15.6. The van der Waals surface area contributed by atoms with Crippen molar-refractivity contribution < 1.29 is 9.59 Å². The summed E-state index contributed by atoms with van der Waals surface area (Å²) >= 11 is 1.35. The lowest BCUT2D eigenvalue weighted by molar-refractivity contribution is -0.124. The van der Waals surface area contributed by atoms with E-state index in [0.717, 1.165) is 32.8 Å². The van der Waals surface area contributed by atoms with Gasteiger partial charge in [0.05, 0.1) is 18.4 Å². The molecule has 2 N–H and O–H groups in total. The number of aromatic nitrogens is 2. The van der Waals surface area contributed by atoms with E-state index in [2.05, 4.69) is 15.6 Å². The van der Waals surface area contributed by atoms with Crippen molar-refractivity contribution >= 4 is 39.1 Å². The van der Waals surface area contributed by atoms with Crippen LogP contribution in [0.3, 0.4) is 0 Å². The summed E-state index contributed by atoms with van der Waals surface area (Å²) in [5.74, 6) is -0.768. The number of hydrogen-bond acceptors (Lipinski definition) is 5. The van der Waals surface area contributed by atoms with Gasteiger partial charge in [-0.05, 0) is 43.5 Å². The van der Waals surface area contributed by atoms with Gasteiger partial charge in [-0.15, -0.1) is 11.3 Å². The predicted molar refractivity (Wildman–Crippen MR) is 132 cm³/mol. The zero-order chi connectivity index (χ0) is 23.5. The number of nitrogens with one attached hydrogen (secondary N) is 2. The minimum Gasteiger partial charge on any atom is -0.345 e. The van der Waals surface area contributed by atoms with E-state index >= 15 is 0 Å². The second kappa shape index (κ2) is 9.38. The number of benzene rings is 2. The first-order chi connectivity index (χ1) is 15.8. The second-order valence-electron chi connectivity index (χ2n) is 7.97. The van der Waals surface area contributed by atoms with Crippen LogP contribution in [0.4, 0.5) is 5.69 Å². The lowest BCUT2D eigenvalue weighted by Crippen LogP contribution is -2.37. The molecule has 0 aliphatic rings. The van der Waals surface area contributed by atoms with Gasteiger partial charge in [0.2, 0.25) is 11.8 Å². The van der Waals surface area contributed by atoms with E-state index in [0.29, 0.717) is 10.2 Å². The van der Waals surface area contributed by atoms with Crippen LogP contribution in [0.25, 0.3) is 20.7 Å². The summed E-state index contributed by atoms with van der Waals surface area (Å²) in [6.07, 6.45) is 1.37. The van der Waals surface area contributed by atoms with E-state index in [1.165, 1.54) is 22.2 Å². The topological polar surface area (TPSA) is 93.1 Å². The number of carbonyl (C=O) groups is 2. The van der Waals surface area contributed by atoms with Crippen molar-refractivity contribution in [2.24, 2.45) is 0 Å². The number of anilines is 1. The third kappa shape index (κ3) is 5.01. The van der Waals surface area contributed by atoms with Crippen LogP contribution in [0.15, 0.2) is 59.7 Å². The zero-order valence-electron chi connectivity index (χ0n) is 18.6. The highest BCUT2D eigenvalue weighted by atomic mass is 32.1. The summed E-state index contributed by atoms with van der Waals surface area (Å²) in [6.45, 7) is 5.46. The van der Waals surface area contributed by atoms with Gasteiger partial charge in [-0.2, -0.15) is 0 Å². The molecule has 33 heavy (non-hydrogen) atoms. The summed E-state index contributed by atoms with van der Waals surface area (Å²) in [4.78, 5) is 42.9. The first-order valence-electron chi connectivity index (χ1n) is 10.5. The molecular weight excluding hydrogens is 436 g/mol. The van der Waals surface area contributed by atoms with Crippen LogP contribution in [0.5, 0.6) is 0 Å². The molecule has 0 saturated carbocycles. The van der Waals surface area contributed by atoms with Gasteiger partial charge in [-0.3, -0.25) is 19.0 Å². The maximum atomic E-state index is 12.9. The molecule has 2 amide bonds. The molecule has 4 rings (SSSR count). The molecule has 8 heteroatoms. The van der Waals surface area contributed by atoms with Gasteiger partial charge in [-0.1, -0.05) is 48.0 Å². The van der Waals surface area contributed by atoms with E-state index in [9.17, 15) is 14.4 Å². The Balaban J connectivity index is 1.41. The lowest BCUT2D eigenvalue weighted by atomic mass is 10.1. The van der Waals surface area contributed by atoms with E-state index in [-0.39, 0.29) is 24.6 Å². The molecule has 0 atom stereocenters. The number of fused-ring (bicyclic) bond motifs is 1. The fourth-order valence-electron chi connectivity index (χ4n) is 3.75. The number of aryl methyl sites for hydroxylation is 3. The van der Waals surface area contributed by atoms with Gasteiger partial charge in [-0.25, -0.2) is 4.98 Å². The molecule has 0 radical (unpaired) electrons. The van der Waals surface area contributed by atoms with E-state index in [1.807, 2.05) is 69.3 Å². The Kier molecular flexibility index (Phi) is 6.37. The average Bonchev–Trinajstić information content (AvgIpc) is 3.23. The fourth-order valence-corrected chi connectivity index (χ4v) is 4.82. The van der Waals surface area contributed by atoms with Gasteiger partial charge in [0.1, 0.15) is 11.2 Å². The Hall–Kier alpha value is -3.78. The second-order valence-corrected chi connectivity index (χ2v) is 9.02. The molecule has 168 valence electrons. The van der Waals surface area contributed by atoms with Crippen molar-refractivity contribution in [3.8, 4) is 10.4 Å². The summed E-state index contributed by atoms with van der Waals surface area (Å²) in [7, 11) is 0.